The highest BCUT2D eigenvalue weighted by Gasteiger charge is 2.30. The molecule has 230 valence electrons. The fourth-order valence-corrected chi connectivity index (χ4v) is 6.14. The van der Waals surface area contributed by atoms with E-state index in [1.807, 2.05) is 29.8 Å². The average Bonchev–Trinajstić information content (AvgIpc) is 3.57. The molecule has 1 saturated heterocycles. The lowest BCUT2D eigenvalue weighted by Crippen LogP contribution is -2.48. The Kier molecular flexibility index (Phi) is 8.76. The van der Waals surface area contributed by atoms with Crippen LogP contribution in [0.25, 0.3) is 22.0 Å². The number of aliphatic hydroxyl groups is 1. The van der Waals surface area contributed by atoms with Gasteiger partial charge in [0.25, 0.3) is 5.91 Å². The molecule has 6 rings (SSSR count). The van der Waals surface area contributed by atoms with Gasteiger partial charge >= 0.3 is 0 Å². The Bertz CT molecular complexity index is 1670. The number of ether oxygens (including phenoxy) is 1. The van der Waals surface area contributed by atoms with Gasteiger partial charge in [-0.05, 0) is 94.4 Å². The Balaban J connectivity index is 1.18. The second-order valence-electron chi connectivity index (χ2n) is 12.3. The van der Waals surface area contributed by atoms with Crippen molar-refractivity contribution in [1.82, 2.24) is 20.0 Å². The van der Waals surface area contributed by atoms with E-state index in [-0.39, 0.29) is 17.7 Å². The molecule has 2 aliphatic rings. The van der Waals surface area contributed by atoms with Crippen LogP contribution in [-0.4, -0.2) is 63.3 Å². The van der Waals surface area contributed by atoms with Crippen LogP contribution in [0.5, 0.6) is 5.75 Å². The van der Waals surface area contributed by atoms with Crippen LogP contribution >= 0.6 is 11.6 Å². The molecule has 2 N–H and O–H groups in total. The fourth-order valence-electron chi connectivity index (χ4n) is 5.91. The third-order valence-electron chi connectivity index (χ3n) is 8.53. The highest BCUT2D eigenvalue weighted by molar-refractivity contribution is 6.42. The number of aryl methyl sites for hydroxylation is 1. The van der Waals surface area contributed by atoms with Gasteiger partial charge in [-0.2, -0.15) is 5.10 Å². The first-order valence-electron chi connectivity index (χ1n) is 15.5. The van der Waals surface area contributed by atoms with Crippen molar-refractivity contribution in [3.63, 3.8) is 0 Å². The maximum absolute atomic E-state index is 13.3. The number of hydrogen-bond donors (Lipinski definition) is 2. The van der Waals surface area contributed by atoms with E-state index < -0.39 is 23.8 Å². The van der Waals surface area contributed by atoms with Gasteiger partial charge in [0.15, 0.2) is 0 Å². The molecular weight excluding hydrogens is 576 g/mol. The molecule has 2 fully saturated rings. The molecule has 4 aromatic rings. The third-order valence-corrected chi connectivity index (χ3v) is 8.83. The van der Waals surface area contributed by atoms with Crippen LogP contribution in [-0.2, 0) is 4.79 Å². The zero-order valence-corrected chi connectivity index (χ0v) is 26.2. The van der Waals surface area contributed by atoms with Crippen LogP contribution in [0.3, 0.4) is 0 Å². The molecule has 0 bridgehead atoms. The van der Waals surface area contributed by atoms with Crippen molar-refractivity contribution < 1.29 is 19.4 Å². The van der Waals surface area contributed by atoms with Gasteiger partial charge in [0.2, 0.25) is 5.78 Å². The summed E-state index contributed by atoms with van der Waals surface area (Å²) in [6.07, 6.45) is 3.30. The van der Waals surface area contributed by atoms with Crippen molar-refractivity contribution >= 4 is 34.2 Å². The van der Waals surface area contributed by atoms with E-state index >= 15 is 0 Å². The number of Topliss-reactive ketones (excluding diaryl/α,β-unsaturated/α-hetero) is 1. The Labute approximate surface area is 263 Å². The minimum absolute atomic E-state index is 0.202. The molecule has 2 unspecified atom stereocenters. The number of halogens is 1. The molecule has 1 saturated carbocycles. The average molecular weight is 615 g/mol. The number of ketones is 1. The number of carbonyl (C=O) groups is 2. The Morgan fingerprint density at radius 1 is 1.02 bits per heavy atom. The van der Waals surface area contributed by atoms with E-state index in [2.05, 4.69) is 41.3 Å². The lowest BCUT2D eigenvalue weighted by molar-refractivity contribution is -0.118. The normalized spacial score (nSPS) is 16.8. The zero-order valence-electron chi connectivity index (χ0n) is 25.4. The quantitative estimate of drug-likeness (QED) is 0.152. The summed E-state index contributed by atoms with van der Waals surface area (Å²) in [6, 6.07) is 18.0. The van der Waals surface area contributed by atoms with Crippen LogP contribution < -0.4 is 10.1 Å². The summed E-state index contributed by atoms with van der Waals surface area (Å²) < 4.78 is 7.86. The van der Waals surface area contributed by atoms with E-state index in [4.69, 9.17) is 16.3 Å². The zero-order chi connectivity index (χ0) is 31.0. The van der Waals surface area contributed by atoms with Crippen molar-refractivity contribution in [2.75, 3.05) is 19.6 Å². The van der Waals surface area contributed by atoms with Crippen LogP contribution in [0.15, 0.2) is 60.7 Å². The predicted molar refractivity (Wildman–Crippen MR) is 172 cm³/mol. The summed E-state index contributed by atoms with van der Waals surface area (Å²) in [5.41, 5.74) is 4.83. The summed E-state index contributed by atoms with van der Waals surface area (Å²) >= 11 is 6.47. The topological polar surface area (TPSA) is 96.7 Å². The van der Waals surface area contributed by atoms with Crippen molar-refractivity contribution in [1.29, 1.82) is 0 Å². The number of nitrogens with zero attached hydrogens (tertiary/aromatic N) is 3. The number of hydrogen-bond acceptors (Lipinski definition) is 6. The molecule has 2 atom stereocenters. The van der Waals surface area contributed by atoms with Crippen LogP contribution in [0, 0.1) is 6.92 Å². The monoisotopic (exact) mass is 614 g/mol. The highest BCUT2D eigenvalue weighted by Crippen LogP contribution is 2.34. The molecule has 9 heteroatoms. The molecule has 0 spiro atoms. The molecule has 0 radical (unpaired) electrons. The van der Waals surface area contributed by atoms with Crippen molar-refractivity contribution in [2.24, 2.45) is 0 Å². The molecule has 44 heavy (non-hydrogen) atoms. The van der Waals surface area contributed by atoms with Gasteiger partial charge in [0, 0.05) is 23.5 Å². The van der Waals surface area contributed by atoms with E-state index in [1.54, 1.807) is 30.3 Å². The predicted octanol–water partition coefficient (Wildman–Crippen LogP) is 6.28. The number of nitrogens with one attached hydrogen (secondary N) is 1. The number of aliphatic hydroxyl groups excluding tert-OH is 1. The number of aromatic nitrogens is 2. The summed E-state index contributed by atoms with van der Waals surface area (Å²) in [5, 5.41) is 20.4. The van der Waals surface area contributed by atoms with Crippen molar-refractivity contribution in [3.05, 3.63) is 82.5 Å². The van der Waals surface area contributed by atoms with Crippen LogP contribution in [0.2, 0.25) is 5.02 Å². The molecule has 3 aromatic carbocycles. The third kappa shape index (κ3) is 6.53. The molecular formula is C35H39ClN4O4. The van der Waals surface area contributed by atoms with E-state index in [0.29, 0.717) is 22.9 Å². The van der Waals surface area contributed by atoms with E-state index in [9.17, 15) is 14.7 Å². The first kappa shape index (κ1) is 30.3. The first-order chi connectivity index (χ1) is 21.2. The van der Waals surface area contributed by atoms with Gasteiger partial charge < -0.3 is 20.1 Å². The lowest BCUT2D eigenvalue weighted by Gasteiger charge is -2.28. The number of benzene rings is 3. The van der Waals surface area contributed by atoms with Gasteiger partial charge in [-0.25, -0.2) is 0 Å². The van der Waals surface area contributed by atoms with Crippen molar-refractivity contribution in [3.8, 4) is 16.9 Å². The Hall–Kier alpha value is -3.72. The van der Waals surface area contributed by atoms with Gasteiger partial charge in [0.1, 0.15) is 11.9 Å². The standard InChI is InChI=1S/C35H39ClN4O4/c1-21(2)40-31-19-25(10-14-28(31)22(3)38-40)23-6-8-24(9-7-23)34(42)35(43)37-30(20-39-16-4-5-17-39)33(41)26-11-15-32(29(36)18-26)44-27-12-13-27/h6-11,14-15,18-19,21,27,30,33,41H,4-5,12-13,16-17,20H2,1-3H3,(H,37,43). The number of carbonyl (C=O) groups excluding carboxylic acids is 2. The minimum atomic E-state index is -1.06. The van der Waals surface area contributed by atoms with Gasteiger partial charge in [0.05, 0.1) is 28.4 Å². The molecule has 2 heterocycles. The summed E-state index contributed by atoms with van der Waals surface area (Å²) in [4.78, 5) is 28.7. The smallest absolute Gasteiger partial charge is 0.292 e. The first-order valence-corrected chi connectivity index (χ1v) is 15.9. The van der Waals surface area contributed by atoms with Crippen LogP contribution in [0.4, 0.5) is 0 Å². The lowest BCUT2D eigenvalue weighted by atomic mass is 9.99. The summed E-state index contributed by atoms with van der Waals surface area (Å²) in [6.45, 7) is 8.41. The Morgan fingerprint density at radius 2 is 1.73 bits per heavy atom. The fraction of sp³-hybridized carbons (Fsp3) is 0.400. The molecule has 8 nitrogen and oxygen atoms in total. The summed E-state index contributed by atoms with van der Waals surface area (Å²) in [5.74, 6) is -0.812. The SMILES string of the molecule is Cc1nn(C(C)C)c2cc(-c3ccc(C(=O)C(=O)NC(CN4CCCC4)C(O)c4ccc(OC5CC5)c(Cl)c4)cc3)ccc12. The number of amides is 1. The van der Waals surface area contributed by atoms with Gasteiger partial charge in [-0.3, -0.25) is 14.3 Å². The number of fused-ring (bicyclic) bond motifs is 1. The van der Waals surface area contributed by atoms with Gasteiger partial charge in [-0.15, -0.1) is 0 Å². The molecule has 1 aliphatic heterocycles. The highest BCUT2D eigenvalue weighted by atomic mass is 35.5. The molecule has 1 aromatic heterocycles. The van der Waals surface area contributed by atoms with Crippen molar-refractivity contribution in [2.45, 2.75) is 70.7 Å². The van der Waals surface area contributed by atoms with Gasteiger partial charge in [-0.1, -0.05) is 54.1 Å². The maximum atomic E-state index is 13.3. The minimum Gasteiger partial charge on any atom is -0.489 e. The number of likely N-dealkylation sites (tertiary alicyclic amines) is 1. The molecule has 1 amide bonds. The van der Waals surface area contributed by atoms with E-state index in [0.717, 1.165) is 66.5 Å². The second-order valence-corrected chi connectivity index (χ2v) is 12.7. The summed E-state index contributed by atoms with van der Waals surface area (Å²) in [7, 11) is 0. The van der Waals surface area contributed by atoms with Crippen LogP contribution in [0.1, 0.15) is 73.3 Å². The van der Waals surface area contributed by atoms with E-state index in [1.165, 1.54) is 0 Å². The molecule has 1 aliphatic carbocycles. The maximum Gasteiger partial charge on any atom is 0.292 e. The number of rotatable bonds is 11. The largest absolute Gasteiger partial charge is 0.489 e. The second kappa shape index (κ2) is 12.7. The Morgan fingerprint density at radius 3 is 2.39 bits per heavy atom.